The van der Waals surface area contributed by atoms with Crippen LogP contribution < -0.4 is 4.74 Å². The van der Waals surface area contributed by atoms with Gasteiger partial charge in [0.25, 0.3) is 0 Å². The van der Waals surface area contributed by atoms with Crippen LogP contribution in [0.5, 0.6) is 11.5 Å². The van der Waals surface area contributed by atoms with Crippen LogP contribution in [-0.4, -0.2) is 0 Å². The predicted molar refractivity (Wildman–Crippen MR) is 124 cm³/mol. The lowest BCUT2D eigenvalue weighted by atomic mass is 10.1. The van der Waals surface area contributed by atoms with Crippen molar-refractivity contribution in [2.45, 2.75) is 0 Å². The average molecular weight is 515 g/mol. The molecule has 0 N–H and O–H groups in total. The van der Waals surface area contributed by atoms with E-state index in [0.717, 1.165) is 40.1 Å². The maximum Gasteiger partial charge on any atom is 0.187 e. The van der Waals surface area contributed by atoms with E-state index in [1.54, 1.807) is 0 Å². The van der Waals surface area contributed by atoms with Crippen LogP contribution >= 0.6 is 33.1 Å². The van der Waals surface area contributed by atoms with Gasteiger partial charge in [-0.2, -0.15) is 0 Å². The normalized spacial score (nSPS) is 11.3. The summed E-state index contributed by atoms with van der Waals surface area (Å²) in [7, 11) is -0.405. The molecule has 5 heteroatoms. The molecule has 0 bridgehead atoms. The highest BCUT2D eigenvalue weighted by atomic mass is 127. The van der Waals surface area contributed by atoms with Gasteiger partial charge < -0.3 is 4.74 Å². The molecule has 1 nitrogen and oxygen atoms in total. The van der Waals surface area contributed by atoms with E-state index in [2.05, 4.69) is 22.6 Å². The minimum Gasteiger partial charge on any atom is -0.457 e. The first-order valence-electron chi connectivity index (χ1n) is 8.96. The second-order valence-electron chi connectivity index (χ2n) is 6.61. The lowest BCUT2D eigenvalue weighted by molar-refractivity contribution is 0.482. The second-order valence-corrected chi connectivity index (χ2v) is 9.82. The Morgan fingerprint density at radius 1 is 0.621 bits per heavy atom. The number of thiophene rings is 1. The van der Waals surface area contributed by atoms with E-state index >= 15 is 0 Å². The number of hydrogen-bond acceptors (Lipinski definition) is 1. The first-order chi connectivity index (χ1) is 14.1. The summed E-state index contributed by atoms with van der Waals surface area (Å²) in [5.74, 6) is 0.899. The van der Waals surface area contributed by atoms with Crippen molar-refractivity contribution in [3.05, 3.63) is 100 Å². The van der Waals surface area contributed by atoms with Crippen LogP contribution in [0, 0.1) is 15.2 Å². The zero-order chi connectivity index (χ0) is 20.0. The van der Waals surface area contributed by atoms with E-state index in [0.29, 0.717) is 0 Å². The molecule has 0 fully saturated rings. The van der Waals surface area contributed by atoms with Crippen molar-refractivity contribution in [1.82, 2.24) is 0 Å². The molecule has 0 aliphatic rings. The summed E-state index contributed by atoms with van der Waals surface area (Å²) in [4.78, 5) is 1.08. The van der Waals surface area contributed by atoms with Crippen LogP contribution in [-0.2, 0) is 0 Å². The summed E-state index contributed by atoms with van der Waals surface area (Å²) >= 11 is 2.26. The molecule has 29 heavy (non-hydrogen) atoms. The van der Waals surface area contributed by atoms with Gasteiger partial charge in [0.05, 0.1) is 10.8 Å². The minimum absolute atomic E-state index is 0.314. The van der Waals surface area contributed by atoms with Crippen LogP contribution in [0.15, 0.2) is 84.9 Å². The SMILES string of the molecule is Fc1ccc2c(c1)c1cc(F)ccc1[s+]2-c1ccc(Oc2ccc(I)cc2)cc1. The summed E-state index contributed by atoms with van der Waals surface area (Å²) < 4.78 is 36.8. The van der Waals surface area contributed by atoms with Gasteiger partial charge in [-0.25, -0.2) is 8.78 Å². The molecule has 5 rings (SSSR count). The molecule has 0 amide bonds. The smallest absolute Gasteiger partial charge is 0.187 e. The Bertz CT molecular complexity index is 1280. The number of benzene rings is 4. The zero-order valence-corrected chi connectivity index (χ0v) is 18.0. The van der Waals surface area contributed by atoms with Gasteiger partial charge in [-0.05, 0) is 83.3 Å². The molecule has 5 aromatic rings. The van der Waals surface area contributed by atoms with E-state index in [-0.39, 0.29) is 11.6 Å². The van der Waals surface area contributed by atoms with E-state index in [1.807, 2.05) is 60.7 Å². The fourth-order valence-corrected chi connectivity index (χ4v) is 6.13. The topological polar surface area (TPSA) is 9.23 Å². The highest BCUT2D eigenvalue weighted by Gasteiger charge is 2.24. The minimum atomic E-state index is -0.405. The summed E-state index contributed by atoms with van der Waals surface area (Å²) in [5.41, 5.74) is 0. The molecule has 0 atom stereocenters. The van der Waals surface area contributed by atoms with Crippen molar-refractivity contribution < 1.29 is 13.5 Å². The van der Waals surface area contributed by atoms with Crippen molar-refractivity contribution >= 4 is 53.2 Å². The van der Waals surface area contributed by atoms with Gasteiger partial charge in [0.1, 0.15) is 23.1 Å². The van der Waals surface area contributed by atoms with E-state index in [9.17, 15) is 8.78 Å². The molecule has 0 radical (unpaired) electrons. The highest BCUT2D eigenvalue weighted by Crippen LogP contribution is 2.48. The molecular formula is C24H14F2IOS+. The third-order valence-corrected chi connectivity index (χ3v) is 7.78. The molecule has 4 aromatic carbocycles. The van der Waals surface area contributed by atoms with Crippen LogP contribution in [0.1, 0.15) is 0 Å². The van der Waals surface area contributed by atoms with Gasteiger partial charge in [0.2, 0.25) is 0 Å². The van der Waals surface area contributed by atoms with Gasteiger partial charge in [0.15, 0.2) is 14.3 Å². The molecule has 1 heterocycles. The molecule has 0 spiro atoms. The Hall–Kier alpha value is -2.51. The van der Waals surface area contributed by atoms with Crippen LogP contribution in [0.2, 0.25) is 0 Å². The standard InChI is InChI=1S/C24H14F2IOS/c25-15-1-11-23-21(13-15)22-14-16(26)2-12-24(22)29(23)20-9-7-19(8-10-20)28-18-5-3-17(27)4-6-18/h1-14H/q+1. The van der Waals surface area contributed by atoms with Crippen LogP contribution in [0.4, 0.5) is 8.78 Å². The van der Waals surface area contributed by atoms with Crippen molar-refractivity contribution in [1.29, 1.82) is 0 Å². The average Bonchev–Trinajstić information content (AvgIpc) is 3.03. The molecular weight excluding hydrogens is 501 g/mol. The highest BCUT2D eigenvalue weighted by molar-refractivity contribution is 14.1. The van der Waals surface area contributed by atoms with Gasteiger partial charge in [-0.15, -0.1) is 0 Å². The van der Waals surface area contributed by atoms with Gasteiger partial charge in [0, 0.05) is 38.3 Å². The number of hydrogen-bond donors (Lipinski definition) is 0. The van der Waals surface area contributed by atoms with Crippen LogP contribution in [0.3, 0.4) is 0 Å². The number of rotatable bonds is 3. The van der Waals surface area contributed by atoms with Gasteiger partial charge in [-0.3, -0.25) is 0 Å². The molecule has 0 saturated heterocycles. The Kier molecular flexibility index (Phi) is 4.72. The summed E-state index contributed by atoms with van der Waals surface area (Å²) in [5, 5.41) is 1.53. The van der Waals surface area contributed by atoms with Crippen LogP contribution in [0.25, 0.3) is 25.1 Å². The quantitative estimate of drug-likeness (QED) is 0.173. The van der Waals surface area contributed by atoms with E-state index < -0.39 is 10.5 Å². The number of fused-ring (bicyclic) bond motifs is 3. The fourth-order valence-electron chi connectivity index (χ4n) is 3.44. The van der Waals surface area contributed by atoms with Crippen molar-refractivity contribution in [2.24, 2.45) is 0 Å². The maximum atomic E-state index is 13.9. The van der Waals surface area contributed by atoms with Crippen molar-refractivity contribution in [3.8, 4) is 16.4 Å². The van der Waals surface area contributed by atoms with Gasteiger partial charge in [-0.1, -0.05) is 0 Å². The summed E-state index contributed by atoms with van der Waals surface area (Å²) in [6, 6.07) is 25.3. The Balaban J connectivity index is 1.60. The molecule has 0 aliphatic heterocycles. The first kappa shape index (κ1) is 18.5. The fraction of sp³-hybridized carbons (Fsp3) is 0. The third kappa shape index (κ3) is 3.49. The van der Waals surface area contributed by atoms with E-state index in [1.165, 1.54) is 24.3 Å². The molecule has 0 aliphatic carbocycles. The second kappa shape index (κ2) is 7.39. The zero-order valence-electron chi connectivity index (χ0n) is 15.0. The molecule has 0 unspecified atom stereocenters. The summed E-state index contributed by atoms with van der Waals surface area (Å²) in [6.07, 6.45) is 0. The Morgan fingerprint density at radius 2 is 1.10 bits per heavy atom. The number of ether oxygens (including phenoxy) is 1. The predicted octanol–water partition coefficient (Wildman–Crippen LogP) is 8.41. The van der Waals surface area contributed by atoms with Crippen molar-refractivity contribution in [3.63, 3.8) is 0 Å². The maximum absolute atomic E-state index is 13.9. The largest absolute Gasteiger partial charge is 0.457 e. The lowest BCUT2D eigenvalue weighted by Gasteiger charge is -2.05. The van der Waals surface area contributed by atoms with Gasteiger partial charge >= 0.3 is 0 Å². The molecule has 1 aromatic heterocycles. The first-order valence-corrected chi connectivity index (χ1v) is 11.3. The van der Waals surface area contributed by atoms with E-state index in [4.69, 9.17) is 4.74 Å². The molecule has 0 saturated carbocycles. The monoisotopic (exact) mass is 515 g/mol. The third-order valence-electron chi connectivity index (χ3n) is 4.72. The molecule has 142 valence electrons. The Labute approximate surface area is 182 Å². The van der Waals surface area contributed by atoms with Crippen molar-refractivity contribution in [2.75, 3.05) is 0 Å². The number of halogens is 3. The lowest BCUT2D eigenvalue weighted by Crippen LogP contribution is -1.84. The Morgan fingerprint density at radius 3 is 1.62 bits per heavy atom. The summed E-state index contributed by atoms with van der Waals surface area (Å²) in [6.45, 7) is 0.